The highest BCUT2D eigenvalue weighted by atomic mass is 79.9. The summed E-state index contributed by atoms with van der Waals surface area (Å²) in [5, 5.41) is 0. The first-order valence-electron chi connectivity index (χ1n) is 5.71. The van der Waals surface area contributed by atoms with Crippen LogP contribution in [0.4, 0.5) is 14.5 Å². The molecule has 2 aromatic rings. The van der Waals surface area contributed by atoms with E-state index in [2.05, 4.69) is 20.7 Å². The predicted octanol–water partition coefficient (Wildman–Crippen LogP) is 3.36. The van der Waals surface area contributed by atoms with Gasteiger partial charge in [0.25, 0.3) is 10.0 Å². The van der Waals surface area contributed by atoms with Gasteiger partial charge in [-0.25, -0.2) is 17.2 Å². The van der Waals surface area contributed by atoms with E-state index in [0.29, 0.717) is 6.07 Å². The molecular weight excluding hydrogens is 386 g/mol. The number of aryl methyl sites for hydroxylation is 1. The van der Waals surface area contributed by atoms with Crippen molar-refractivity contribution in [2.75, 3.05) is 4.72 Å². The van der Waals surface area contributed by atoms with Gasteiger partial charge in [0, 0.05) is 22.0 Å². The summed E-state index contributed by atoms with van der Waals surface area (Å²) in [6.45, 7) is 1.97. The van der Waals surface area contributed by atoms with E-state index >= 15 is 0 Å². The Labute approximate surface area is 133 Å². The van der Waals surface area contributed by atoms with Gasteiger partial charge in [-0.15, -0.1) is 11.3 Å². The molecule has 0 saturated carbocycles. The van der Waals surface area contributed by atoms with Crippen LogP contribution in [-0.4, -0.2) is 8.42 Å². The Morgan fingerprint density at radius 2 is 2.00 bits per heavy atom. The second kappa shape index (κ2) is 5.99. The molecule has 0 spiro atoms. The summed E-state index contributed by atoms with van der Waals surface area (Å²) in [6, 6.07) is 3.05. The normalized spacial score (nSPS) is 11.7. The number of nitrogens with one attached hydrogen (secondary N) is 1. The van der Waals surface area contributed by atoms with Gasteiger partial charge in [0.15, 0.2) is 5.82 Å². The molecule has 0 amide bonds. The molecule has 1 aromatic carbocycles. The Balaban J connectivity index is 2.42. The second-order valence-corrected chi connectivity index (χ2v) is 8.13. The summed E-state index contributed by atoms with van der Waals surface area (Å²) in [6.07, 6.45) is 0. The van der Waals surface area contributed by atoms with Crippen LogP contribution in [0.25, 0.3) is 0 Å². The number of anilines is 1. The Bertz CT molecular complexity index is 768. The number of hydrogen-bond acceptors (Lipinski definition) is 4. The maximum atomic E-state index is 13.7. The topological polar surface area (TPSA) is 72.2 Å². The van der Waals surface area contributed by atoms with Gasteiger partial charge in [0.05, 0.1) is 5.69 Å². The second-order valence-electron chi connectivity index (χ2n) is 4.23. The predicted molar refractivity (Wildman–Crippen MR) is 81.8 cm³/mol. The first-order valence-corrected chi connectivity index (χ1v) is 8.80. The van der Waals surface area contributed by atoms with Gasteiger partial charge in [-0.2, -0.15) is 0 Å². The Kier molecular flexibility index (Phi) is 4.66. The van der Waals surface area contributed by atoms with Crippen molar-refractivity contribution in [3.8, 4) is 0 Å². The first kappa shape index (κ1) is 16.3. The highest BCUT2D eigenvalue weighted by Gasteiger charge is 2.22. The van der Waals surface area contributed by atoms with Gasteiger partial charge in [0.2, 0.25) is 0 Å². The zero-order valence-electron chi connectivity index (χ0n) is 10.8. The summed E-state index contributed by atoms with van der Waals surface area (Å²) < 4.78 is 53.3. The minimum atomic E-state index is -3.96. The van der Waals surface area contributed by atoms with E-state index in [9.17, 15) is 17.2 Å². The number of hydrogen-bond donors (Lipinski definition) is 2. The van der Waals surface area contributed by atoms with Gasteiger partial charge in [-0.1, -0.05) is 0 Å². The fraction of sp³-hybridized carbons (Fsp3) is 0.167. The molecule has 1 aromatic heterocycles. The lowest BCUT2D eigenvalue weighted by Crippen LogP contribution is -2.13. The molecule has 9 heteroatoms. The van der Waals surface area contributed by atoms with Crippen molar-refractivity contribution >= 4 is 43.0 Å². The zero-order chi connectivity index (χ0) is 15.8. The molecule has 0 bridgehead atoms. The third kappa shape index (κ3) is 3.42. The van der Waals surface area contributed by atoms with Crippen molar-refractivity contribution in [3.05, 3.63) is 44.7 Å². The molecule has 4 nitrogen and oxygen atoms in total. The standard InChI is InChI=1S/C12H11BrF2N2O2S2/c1-6-2-11(20-10(6)5-16)21(18,19)17-12-8(13)3-7(14)4-9(12)15/h2-4,17H,5,16H2,1H3. The smallest absolute Gasteiger partial charge is 0.271 e. The lowest BCUT2D eigenvalue weighted by molar-refractivity contribution is 0.582. The van der Waals surface area contributed by atoms with Crippen LogP contribution < -0.4 is 10.5 Å². The molecular formula is C12H11BrF2N2O2S2. The van der Waals surface area contributed by atoms with Crippen molar-refractivity contribution < 1.29 is 17.2 Å². The monoisotopic (exact) mass is 396 g/mol. The molecule has 0 unspecified atom stereocenters. The minimum Gasteiger partial charge on any atom is -0.326 e. The van der Waals surface area contributed by atoms with Crippen LogP contribution in [-0.2, 0) is 16.6 Å². The summed E-state index contributed by atoms with van der Waals surface area (Å²) in [5.74, 6) is -1.81. The molecule has 0 aliphatic heterocycles. The van der Waals surface area contributed by atoms with Crippen molar-refractivity contribution in [1.29, 1.82) is 0 Å². The molecule has 0 aliphatic rings. The fourth-order valence-corrected chi connectivity index (χ4v) is 4.84. The Morgan fingerprint density at radius 3 is 2.52 bits per heavy atom. The fourth-order valence-electron chi connectivity index (χ4n) is 1.65. The Morgan fingerprint density at radius 1 is 1.33 bits per heavy atom. The van der Waals surface area contributed by atoms with Crippen molar-refractivity contribution in [3.63, 3.8) is 0 Å². The molecule has 0 saturated heterocycles. The number of rotatable bonds is 4. The van der Waals surface area contributed by atoms with Gasteiger partial charge in [-0.3, -0.25) is 4.72 Å². The molecule has 0 fully saturated rings. The van der Waals surface area contributed by atoms with Crippen molar-refractivity contribution in [1.82, 2.24) is 0 Å². The van der Waals surface area contributed by atoms with Crippen LogP contribution in [0, 0.1) is 18.6 Å². The molecule has 3 N–H and O–H groups in total. The molecule has 2 rings (SSSR count). The quantitative estimate of drug-likeness (QED) is 0.831. The summed E-state index contributed by atoms with van der Waals surface area (Å²) in [7, 11) is -3.96. The van der Waals surface area contributed by atoms with E-state index in [1.165, 1.54) is 6.07 Å². The lowest BCUT2D eigenvalue weighted by atomic mass is 10.3. The van der Waals surface area contributed by atoms with Gasteiger partial charge < -0.3 is 5.73 Å². The van der Waals surface area contributed by atoms with Crippen molar-refractivity contribution in [2.24, 2.45) is 5.73 Å². The van der Waals surface area contributed by atoms with E-state index in [4.69, 9.17) is 5.73 Å². The highest BCUT2D eigenvalue weighted by molar-refractivity contribution is 9.10. The number of benzene rings is 1. The molecule has 0 atom stereocenters. The van der Waals surface area contributed by atoms with Gasteiger partial charge in [0.1, 0.15) is 10.0 Å². The maximum Gasteiger partial charge on any atom is 0.271 e. The van der Waals surface area contributed by atoms with Crippen LogP contribution in [0.15, 0.2) is 26.9 Å². The number of nitrogens with two attached hydrogens (primary N) is 1. The van der Waals surface area contributed by atoms with Crippen LogP contribution in [0.5, 0.6) is 0 Å². The van der Waals surface area contributed by atoms with E-state index in [-0.39, 0.29) is 20.9 Å². The molecule has 114 valence electrons. The molecule has 1 heterocycles. The van der Waals surface area contributed by atoms with E-state index < -0.39 is 21.7 Å². The summed E-state index contributed by atoms with van der Waals surface area (Å²) in [4.78, 5) is 0.731. The van der Waals surface area contributed by atoms with Crippen molar-refractivity contribution in [2.45, 2.75) is 17.7 Å². The third-order valence-corrected chi connectivity index (χ3v) is 6.40. The Hall–Kier alpha value is -1.03. The largest absolute Gasteiger partial charge is 0.326 e. The molecule has 0 aliphatic carbocycles. The van der Waals surface area contributed by atoms with E-state index in [0.717, 1.165) is 27.8 Å². The SMILES string of the molecule is Cc1cc(S(=O)(=O)Nc2c(F)cc(F)cc2Br)sc1CN. The third-order valence-electron chi connectivity index (χ3n) is 2.69. The van der Waals surface area contributed by atoms with Gasteiger partial charge in [-0.05, 0) is 40.5 Å². The molecule has 0 radical (unpaired) electrons. The molecule has 21 heavy (non-hydrogen) atoms. The zero-order valence-corrected chi connectivity index (χ0v) is 14.0. The van der Waals surface area contributed by atoms with Gasteiger partial charge >= 0.3 is 0 Å². The maximum absolute atomic E-state index is 13.7. The van der Waals surface area contributed by atoms with Crippen LogP contribution in [0.3, 0.4) is 0 Å². The number of halogens is 3. The van der Waals surface area contributed by atoms with Crippen LogP contribution >= 0.6 is 27.3 Å². The van der Waals surface area contributed by atoms with Crippen LogP contribution in [0.2, 0.25) is 0 Å². The number of thiophene rings is 1. The minimum absolute atomic E-state index is 0.0177. The highest BCUT2D eigenvalue weighted by Crippen LogP contribution is 2.32. The summed E-state index contributed by atoms with van der Waals surface area (Å²) in [5.41, 5.74) is 5.93. The average molecular weight is 397 g/mol. The summed E-state index contributed by atoms with van der Waals surface area (Å²) >= 11 is 3.95. The average Bonchev–Trinajstić information content (AvgIpc) is 2.76. The van der Waals surface area contributed by atoms with E-state index in [1.807, 2.05) is 0 Å². The van der Waals surface area contributed by atoms with E-state index in [1.54, 1.807) is 6.92 Å². The number of sulfonamides is 1. The first-order chi connectivity index (χ1) is 9.74. The lowest BCUT2D eigenvalue weighted by Gasteiger charge is -2.09. The van der Waals surface area contributed by atoms with Crippen LogP contribution in [0.1, 0.15) is 10.4 Å².